The van der Waals surface area contributed by atoms with Gasteiger partial charge in [-0.25, -0.2) is 9.37 Å². The number of fused-ring (bicyclic) bond motifs is 2. The number of carboxylic acids is 1. The van der Waals surface area contributed by atoms with E-state index >= 15 is 0 Å². The highest BCUT2D eigenvalue weighted by Crippen LogP contribution is 2.44. The Bertz CT molecular complexity index is 960. The summed E-state index contributed by atoms with van der Waals surface area (Å²) < 4.78 is 15.5. The zero-order valence-corrected chi connectivity index (χ0v) is 14.6. The van der Waals surface area contributed by atoms with Crippen LogP contribution in [0.25, 0.3) is 0 Å². The fourth-order valence-corrected chi connectivity index (χ4v) is 3.88. The van der Waals surface area contributed by atoms with Gasteiger partial charge < -0.3 is 21.5 Å². The van der Waals surface area contributed by atoms with E-state index in [2.05, 4.69) is 25.7 Å². The van der Waals surface area contributed by atoms with Crippen molar-refractivity contribution < 1.29 is 19.1 Å². The van der Waals surface area contributed by atoms with Crippen LogP contribution in [-0.4, -0.2) is 42.8 Å². The van der Waals surface area contributed by atoms with Gasteiger partial charge in [0.2, 0.25) is 11.9 Å². The largest absolute Gasteiger partial charge is 0.480 e. The summed E-state index contributed by atoms with van der Waals surface area (Å²) in [7, 11) is 0. The van der Waals surface area contributed by atoms with Crippen molar-refractivity contribution in [1.29, 1.82) is 0 Å². The number of nitrogens with two attached hydrogens (primary N) is 1. The average Bonchev–Trinajstić information content (AvgIpc) is 3.33. The van der Waals surface area contributed by atoms with E-state index in [0.717, 1.165) is 12.6 Å². The summed E-state index contributed by atoms with van der Waals surface area (Å²) in [5.74, 6) is -2.31. The topological polar surface area (TPSA) is 148 Å². The predicted octanol–water partition coefficient (Wildman–Crippen LogP) is 0.728. The minimum absolute atomic E-state index is 0.0346. The molecule has 4 atom stereocenters. The van der Waals surface area contributed by atoms with Crippen LogP contribution in [0.5, 0.6) is 0 Å². The van der Waals surface area contributed by atoms with Gasteiger partial charge in [0, 0.05) is 12.2 Å². The van der Waals surface area contributed by atoms with Gasteiger partial charge in [0.15, 0.2) is 11.6 Å². The maximum atomic E-state index is 14.2. The van der Waals surface area contributed by atoms with Crippen molar-refractivity contribution in [2.24, 2.45) is 23.5 Å². The molecule has 1 saturated carbocycles. The number of aliphatic carboxylic acids is 1. The van der Waals surface area contributed by atoms with Gasteiger partial charge in [0.25, 0.3) is 0 Å². The molecular weight excluding hydrogens is 369 g/mol. The number of aromatic nitrogens is 4. The Balaban J connectivity index is 1.51. The van der Waals surface area contributed by atoms with E-state index in [-0.39, 0.29) is 36.2 Å². The normalized spacial score (nSPS) is 25.0. The highest BCUT2D eigenvalue weighted by atomic mass is 19.1. The first kappa shape index (κ1) is 17.9. The highest BCUT2D eigenvalue weighted by molar-refractivity contribution is 5.79. The number of carbonyl (C=O) groups excluding carboxylic acids is 1. The first-order chi connectivity index (χ1) is 13.4. The lowest BCUT2D eigenvalue weighted by atomic mass is 9.88. The zero-order valence-electron chi connectivity index (χ0n) is 14.6. The Hall–Kier alpha value is -3.50. The third kappa shape index (κ3) is 3.38. The second kappa shape index (κ2) is 6.91. The molecule has 0 saturated heterocycles. The van der Waals surface area contributed by atoms with Gasteiger partial charge in [0.1, 0.15) is 6.54 Å². The number of rotatable bonds is 7. The molecule has 2 bridgehead atoms. The molecule has 0 spiro atoms. The SMILES string of the molecule is NC(=O)[C@@H]1[C@@H](Nc2nc(Nc3cnn(CC(=O)O)c3)ncc2F)[C@H]2C=C[C@H]1C2. The van der Waals surface area contributed by atoms with E-state index < -0.39 is 23.6 Å². The van der Waals surface area contributed by atoms with Crippen molar-refractivity contribution in [2.75, 3.05) is 10.6 Å². The predicted molar refractivity (Wildman–Crippen MR) is 96.0 cm³/mol. The van der Waals surface area contributed by atoms with E-state index in [4.69, 9.17) is 10.8 Å². The quantitative estimate of drug-likeness (QED) is 0.508. The summed E-state index contributed by atoms with van der Waals surface area (Å²) in [6.45, 7) is -0.287. The van der Waals surface area contributed by atoms with Crippen molar-refractivity contribution >= 4 is 29.3 Å². The number of primary amides is 1. The molecule has 1 amide bonds. The minimum Gasteiger partial charge on any atom is -0.480 e. The molecule has 28 heavy (non-hydrogen) atoms. The molecule has 146 valence electrons. The molecule has 5 N–H and O–H groups in total. The average molecular weight is 387 g/mol. The number of amides is 1. The molecule has 2 aliphatic rings. The van der Waals surface area contributed by atoms with Gasteiger partial charge in [0.05, 0.1) is 24.0 Å². The van der Waals surface area contributed by atoms with E-state index in [0.29, 0.717) is 5.69 Å². The lowest BCUT2D eigenvalue weighted by molar-refractivity contribution is -0.137. The summed E-state index contributed by atoms with van der Waals surface area (Å²) in [5, 5.41) is 18.5. The second-order valence-electron chi connectivity index (χ2n) is 6.88. The van der Waals surface area contributed by atoms with Crippen LogP contribution in [0, 0.1) is 23.6 Å². The number of nitrogens with one attached hydrogen (secondary N) is 2. The lowest BCUT2D eigenvalue weighted by Gasteiger charge is -2.27. The Morgan fingerprint density at radius 3 is 2.86 bits per heavy atom. The smallest absolute Gasteiger partial charge is 0.325 e. The second-order valence-corrected chi connectivity index (χ2v) is 6.88. The highest BCUT2D eigenvalue weighted by Gasteiger charge is 2.47. The molecule has 10 nitrogen and oxygen atoms in total. The van der Waals surface area contributed by atoms with Crippen LogP contribution < -0.4 is 16.4 Å². The Morgan fingerprint density at radius 1 is 1.32 bits per heavy atom. The number of halogens is 1. The third-order valence-electron chi connectivity index (χ3n) is 5.02. The molecule has 2 aromatic heterocycles. The minimum atomic E-state index is -1.02. The Kier molecular flexibility index (Phi) is 4.41. The first-order valence-corrected chi connectivity index (χ1v) is 8.68. The van der Waals surface area contributed by atoms with Crippen LogP contribution in [0.15, 0.2) is 30.7 Å². The standard InChI is InChI=1S/C17H18FN7O3/c18-11-5-20-17(22-10-4-21-25(6-10)7-12(26)27)24-16(11)23-14-9-2-1-8(3-9)13(14)15(19)28/h1-2,4-6,8-9,13-14H,3,7H2,(H2,19,28)(H,26,27)(H2,20,22,23,24)/t8-,9-,13-,14-/m0/s1. The van der Waals surface area contributed by atoms with E-state index in [9.17, 15) is 14.0 Å². The first-order valence-electron chi connectivity index (χ1n) is 8.68. The van der Waals surface area contributed by atoms with Gasteiger partial charge in [-0.15, -0.1) is 0 Å². The summed E-state index contributed by atoms with van der Waals surface area (Å²) >= 11 is 0. The zero-order chi connectivity index (χ0) is 19.8. The van der Waals surface area contributed by atoms with Crippen LogP contribution in [-0.2, 0) is 16.1 Å². The molecule has 2 aliphatic carbocycles. The molecule has 2 aromatic rings. The van der Waals surface area contributed by atoms with Crippen LogP contribution in [0.2, 0.25) is 0 Å². The molecule has 0 aliphatic heterocycles. The number of hydrogen-bond acceptors (Lipinski definition) is 7. The molecule has 0 unspecified atom stereocenters. The Morgan fingerprint density at radius 2 is 2.11 bits per heavy atom. The fourth-order valence-electron chi connectivity index (χ4n) is 3.88. The van der Waals surface area contributed by atoms with Crippen molar-refractivity contribution in [3.8, 4) is 0 Å². The van der Waals surface area contributed by atoms with Crippen molar-refractivity contribution in [3.05, 3.63) is 36.6 Å². The number of nitrogens with zero attached hydrogens (tertiary/aromatic N) is 4. The summed E-state index contributed by atoms with van der Waals surface area (Å²) in [6, 6.07) is -0.330. The van der Waals surface area contributed by atoms with Crippen LogP contribution in [0.1, 0.15) is 6.42 Å². The molecule has 0 radical (unpaired) electrons. The molecule has 4 rings (SSSR count). The number of allylic oxidation sites excluding steroid dienone is 1. The van der Waals surface area contributed by atoms with Gasteiger partial charge in [-0.05, 0) is 18.3 Å². The summed E-state index contributed by atoms with van der Waals surface area (Å²) in [6.07, 6.45) is 8.69. The monoisotopic (exact) mass is 387 g/mol. The third-order valence-corrected chi connectivity index (χ3v) is 5.02. The molecular formula is C17H18FN7O3. The molecule has 11 heteroatoms. The van der Waals surface area contributed by atoms with Crippen molar-refractivity contribution in [1.82, 2.24) is 19.7 Å². The molecule has 2 heterocycles. The maximum absolute atomic E-state index is 14.2. The van der Waals surface area contributed by atoms with Gasteiger partial charge in [-0.2, -0.15) is 10.1 Å². The molecule has 1 fully saturated rings. The van der Waals surface area contributed by atoms with Gasteiger partial charge in [-0.1, -0.05) is 12.2 Å². The number of carboxylic acid groups (broad SMARTS) is 1. The van der Waals surface area contributed by atoms with Crippen LogP contribution in [0.4, 0.5) is 21.8 Å². The van der Waals surface area contributed by atoms with Crippen molar-refractivity contribution in [2.45, 2.75) is 19.0 Å². The number of carbonyl (C=O) groups is 2. The Labute approximate surface area is 158 Å². The lowest BCUT2D eigenvalue weighted by Crippen LogP contribution is -2.41. The summed E-state index contributed by atoms with van der Waals surface area (Å²) in [4.78, 5) is 30.6. The van der Waals surface area contributed by atoms with Crippen LogP contribution >= 0.6 is 0 Å². The van der Waals surface area contributed by atoms with E-state index in [1.54, 1.807) is 0 Å². The number of hydrogen-bond donors (Lipinski definition) is 4. The van der Waals surface area contributed by atoms with E-state index in [1.165, 1.54) is 17.1 Å². The van der Waals surface area contributed by atoms with Crippen LogP contribution in [0.3, 0.4) is 0 Å². The molecule has 0 aromatic carbocycles. The van der Waals surface area contributed by atoms with Gasteiger partial charge in [-0.3, -0.25) is 14.3 Å². The maximum Gasteiger partial charge on any atom is 0.325 e. The van der Waals surface area contributed by atoms with Gasteiger partial charge >= 0.3 is 5.97 Å². The number of anilines is 3. The fraction of sp³-hybridized carbons (Fsp3) is 0.353. The summed E-state index contributed by atoms with van der Waals surface area (Å²) in [5.41, 5.74) is 5.99. The van der Waals surface area contributed by atoms with Crippen molar-refractivity contribution in [3.63, 3.8) is 0 Å². The van der Waals surface area contributed by atoms with E-state index in [1.807, 2.05) is 12.2 Å².